The summed E-state index contributed by atoms with van der Waals surface area (Å²) >= 11 is 12.7. The molecule has 2 aromatic carbocycles. The van der Waals surface area contributed by atoms with E-state index in [2.05, 4.69) is 5.16 Å². The molecular formula is C27H27Cl2FN2O3. The molecule has 1 heterocycles. The lowest BCUT2D eigenvalue weighted by atomic mass is 9.95. The molecule has 2 aliphatic rings. The Morgan fingerprint density at radius 2 is 1.69 bits per heavy atom. The molecule has 2 aliphatic carbocycles. The van der Waals surface area contributed by atoms with Crippen molar-refractivity contribution < 1.29 is 18.8 Å². The van der Waals surface area contributed by atoms with Crippen LogP contribution >= 0.6 is 23.2 Å². The number of aliphatic hydroxyl groups excluding tert-OH is 1. The van der Waals surface area contributed by atoms with E-state index < -0.39 is 0 Å². The van der Waals surface area contributed by atoms with Crippen molar-refractivity contribution in [1.82, 2.24) is 5.16 Å². The van der Waals surface area contributed by atoms with E-state index in [-0.39, 0.29) is 18.0 Å². The molecule has 0 amide bonds. The fourth-order valence-corrected chi connectivity index (χ4v) is 4.73. The van der Waals surface area contributed by atoms with Gasteiger partial charge in [-0.15, -0.1) is 0 Å². The Balaban J connectivity index is 0.000000243. The van der Waals surface area contributed by atoms with Crippen LogP contribution in [0.3, 0.4) is 0 Å². The molecule has 5 nitrogen and oxygen atoms in total. The summed E-state index contributed by atoms with van der Waals surface area (Å²) in [6, 6.07) is 13.3. The normalized spacial score (nSPS) is 19.5. The highest BCUT2D eigenvalue weighted by Crippen LogP contribution is 2.46. The van der Waals surface area contributed by atoms with Crippen molar-refractivity contribution in [2.24, 2.45) is 0 Å². The van der Waals surface area contributed by atoms with Crippen molar-refractivity contribution in [2.45, 2.75) is 69.7 Å². The third kappa shape index (κ3) is 6.83. The second kappa shape index (κ2) is 12.0. The monoisotopic (exact) mass is 516 g/mol. The van der Waals surface area contributed by atoms with Gasteiger partial charge in [0.1, 0.15) is 17.3 Å². The molecule has 0 atom stereocenters. The Morgan fingerprint density at radius 3 is 2.29 bits per heavy atom. The van der Waals surface area contributed by atoms with Gasteiger partial charge in [0.05, 0.1) is 41.4 Å². The van der Waals surface area contributed by atoms with Gasteiger partial charge in [-0.3, -0.25) is 0 Å². The van der Waals surface area contributed by atoms with Crippen molar-refractivity contribution >= 4 is 23.2 Å². The van der Waals surface area contributed by atoms with Gasteiger partial charge in [0.15, 0.2) is 0 Å². The van der Waals surface area contributed by atoms with Gasteiger partial charge < -0.3 is 14.4 Å². The van der Waals surface area contributed by atoms with Crippen LogP contribution < -0.4 is 0 Å². The summed E-state index contributed by atoms with van der Waals surface area (Å²) in [6.07, 6.45) is 5.93. The molecular weight excluding hydrogens is 490 g/mol. The van der Waals surface area contributed by atoms with Crippen molar-refractivity contribution in [1.29, 1.82) is 5.26 Å². The molecule has 2 fully saturated rings. The van der Waals surface area contributed by atoms with Crippen LogP contribution in [0.5, 0.6) is 0 Å². The molecule has 0 unspecified atom stereocenters. The lowest BCUT2D eigenvalue weighted by Gasteiger charge is -2.25. The topological polar surface area (TPSA) is 79.3 Å². The van der Waals surface area contributed by atoms with E-state index >= 15 is 0 Å². The first-order valence-corrected chi connectivity index (χ1v) is 12.6. The quantitative estimate of drug-likeness (QED) is 0.373. The molecule has 35 heavy (non-hydrogen) atoms. The maximum absolute atomic E-state index is 12.2. The van der Waals surface area contributed by atoms with Crippen molar-refractivity contribution in [3.63, 3.8) is 0 Å². The van der Waals surface area contributed by atoms with Crippen molar-refractivity contribution in [3.8, 4) is 17.3 Å². The SMILES string of the molecule is N#CCc1ccc(F)cc1.OC1CCC(OCc2c(-c3c(Cl)cccc3Cl)noc2C2CC2)CC1. The minimum Gasteiger partial charge on any atom is -0.393 e. The van der Waals surface area contributed by atoms with Crippen LogP contribution in [0.4, 0.5) is 4.39 Å². The van der Waals surface area contributed by atoms with E-state index in [0.29, 0.717) is 40.2 Å². The molecule has 1 aromatic heterocycles. The third-order valence-electron chi connectivity index (χ3n) is 6.27. The average Bonchev–Trinajstić information content (AvgIpc) is 3.61. The Morgan fingerprint density at radius 1 is 1.03 bits per heavy atom. The van der Waals surface area contributed by atoms with Crippen LogP contribution in [0, 0.1) is 17.1 Å². The predicted octanol–water partition coefficient (Wildman–Crippen LogP) is 7.24. The van der Waals surface area contributed by atoms with Gasteiger partial charge in [-0.1, -0.05) is 46.6 Å². The smallest absolute Gasteiger partial charge is 0.145 e. The summed E-state index contributed by atoms with van der Waals surface area (Å²) in [5, 5.41) is 23.3. The van der Waals surface area contributed by atoms with Crippen LogP contribution in [0.2, 0.25) is 10.0 Å². The first-order valence-electron chi connectivity index (χ1n) is 11.8. The summed E-state index contributed by atoms with van der Waals surface area (Å²) in [5.41, 5.74) is 3.21. The molecule has 184 valence electrons. The number of nitriles is 1. The number of benzene rings is 2. The Bertz CT molecular complexity index is 1140. The van der Waals surface area contributed by atoms with Gasteiger partial charge in [0, 0.05) is 17.0 Å². The van der Waals surface area contributed by atoms with Gasteiger partial charge in [-0.25, -0.2) is 4.39 Å². The number of aliphatic hydroxyl groups is 1. The zero-order chi connectivity index (χ0) is 24.8. The highest BCUT2D eigenvalue weighted by molar-refractivity contribution is 6.39. The maximum Gasteiger partial charge on any atom is 0.145 e. The number of halogens is 3. The molecule has 0 bridgehead atoms. The van der Waals surface area contributed by atoms with Gasteiger partial charge in [0.2, 0.25) is 0 Å². The van der Waals surface area contributed by atoms with Crippen LogP contribution in [-0.4, -0.2) is 22.5 Å². The fraction of sp³-hybridized carbons (Fsp3) is 0.407. The molecule has 0 radical (unpaired) electrons. The van der Waals surface area contributed by atoms with E-state index in [9.17, 15) is 9.50 Å². The van der Waals surface area contributed by atoms with E-state index in [4.69, 9.17) is 37.7 Å². The summed E-state index contributed by atoms with van der Waals surface area (Å²) in [6.45, 7) is 0.437. The van der Waals surface area contributed by atoms with Gasteiger partial charge in [-0.05, 0) is 68.4 Å². The molecule has 0 aliphatic heterocycles. The zero-order valence-electron chi connectivity index (χ0n) is 19.2. The van der Waals surface area contributed by atoms with Crippen molar-refractivity contribution in [3.05, 3.63) is 75.2 Å². The second-order valence-electron chi connectivity index (χ2n) is 8.95. The van der Waals surface area contributed by atoms with Crippen LogP contribution in [0.25, 0.3) is 11.3 Å². The number of nitrogens with zero attached hydrogens (tertiary/aromatic N) is 2. The van der Waals surface area contributed by atoms with E-state index in [0.717, 1.165) is 55.4 Å². The molecule has 0 spiro atoms. The fourth-order valence-electron chi connectivity index (χ4n) is 4.15. The number of aromatic nitrogens is 1. The Labute approximate surface area is 214 Å². The zero-order valence-corrected chi connectivity index (χ0v) is 20.7. The van der Waals surface area contributed by atoms with Gasteiger partial charge in [-0.2, -0.15) is 5.26 Å². The molecule has 5 rings (SSSR count). The average molecular weight is 517 g/mol. The molecule has 0 saturated heterocycles. The number of ether oxygens (including phenoxy) is 1. The summed E-state index contributed by atoms with van der Waals surface area (Å²) < 4.78 is 24.0. The van der Waals surface area contributed by atoms with E-state index in [1.54, 1.807) is 24.3 Å². The lowest BCUT2D eigenvalue weighted by molar-refractivity contribution is -0.0121. The molecule has 1 N–H and O–H groups in total. The third-order valence-corrected chi connectivity index (χ3v) is 6.90. The number of hydrogen-bond donors (Lipinski definition) is 1. The number of hydrogen-bond acceptors (Lipinski definition) is 5. The second-order valence-corrected chi connectivity index (χ2v) is 9.76. The van der Waals surface area contributed by atoms with E-state index in [1.807, 2.05) is 12.1 Å². The van der Waals surface area contributed by atoms with Gasteiger partial charge >= 0.3 is 0 Å². The molecule has 8 heteroatoms. The Kier molecular flexibility index (Phi) is 8.80. The Hall–Kier alpha value is -2.43. The largest absolute Gasteiger partial charge is 0.393 e. The minimum absolute atomic E-state index is 0.167. The predicted molar refractivity (Wildman–Crippen MR) is 133 cm³/mol. The maximum atomic E-state index is 12.2. The first kappa shape index (κ1) is 25.7. The van der Waals surface area contributed by atoms with Crippen LogP contribution in [0.1, 0.15) is 61.3 Å². The summed E-state index contributed by atoms with van der Waals surface area (Å²) in [7, 11) is 0. The molecule has 3 aromatic rings. The van der Waals surface area contributed by atoms with Crippen molar-refractivity contribution in [2.75, 3.05) is 0 Å². The molecule has 2 saturated carbocycles. The number of rotatable bonds is 6. The highest BCUT2D eigenvalue weighted by atomic mass is 35.5. The van der Waals surface area contributed by atoms with Crippen LogP contribution in [-0.2, 0) is 17.8 Å². The summed E-state index contributed by atoms with van der Waals surface area (Å²) in [5.74, 6) is 1.07. The van der Waals surface area contributed by atoms with Crippen LogP contribution in [0.15, 0.2) is 47.0 Å². The lowest BCUT2D eigenvalue weighted by Crippen LogP contribution is -2.24. The summed E-state index contributed by atoms with van der Waals surface area (Å²) in [4.78, 5) is 0. The first-order chi connectivity index (χ1) is 17.0. The van der Waals surface area contributed by atoms with E-state index in [1.165, 1.54) is 12.1 Å². The minimum atomic E-state index is -0.262. The standard InChI is InChI=1S/C19H21Cl2NO3.C8H6FN/c20-15-2-1-3-16(21)17(15)18-14(19(25-22-18)11-4-5-11)10-24-13-8-6-12(23)7-9-13;9-8-3-1-7(2-4-8)5-6-10/h1-3,11-13,23H,4-10H2;1-4H,5H2. The van der Waals surface area contributed by atoms with Gasteiger partial charge in [0.25, 0.3) is 0 Å². The highest BCUT2D eigenvalue weighted by Gasteiger charge is 2.34.